The zero-order valence-electron chi connectivity index (χ0n) is 15.8. The quantitative estimate of drug-likeness (QED) is 0.450. The molecule has 0 saturated heterocycles. The molecular formula is C25H22N2S. The maximum absolute atomic E-state index is 4.57. The lowest BCUT2D eigenvalue weighted by atomic mass is 10.1. The minimum atomic E-state index is 0.901. The molecule has 4 rings (SSSR count). The smallest absolute Gasteiger partial charge is 0.0817 e. The standard InChI is InChI=1S/C25H22N2S/c1-2-27-23(18-19-26-22-16-10-5-11-17-22)28-25(21-14-8-4-9-15-21)24(27)20-12-6-3-7-13-20/h3-19H,2H2,1H3. The third-order valence-corrected chi connectivity index (χ3v) is 5.75. The molecule has 0 amide bonds. The Bertz CT molecular complexity index is 1010. The molecule has 1 aliphatic heterocycles. The Morgan fingerprint density at radius 3 is 1.96 bits per heavy atom. The molecule has 0 aliphatic carbocycles. The number of thioether (sulfide) groups is 1. The molecule has 0 N–H and O–H groups in total. The number of rotatable bonds is 5. The Labute approximate surface area is 170 Å². The van der Waals surface area contributed by atoms with Crippen molar-refractivity contribution >= 4 is 34.3 Å². The summed E-state index contributed by atoms with van der Waals surface area (Å²) in [7, 11) is 0. The van der Waals surface area contributed by atoms with Crippen LogP contribution in [0.3, 0.4) is 0 Å². The van der Waals surface area contributed by atoms with Crippen LogP contribution < -0.4 is 0 Å². The summed E-state index contributed by atoms with van der Waals surface area (Å²) in [5, 5.41) is 1.19. The van der Waals surface area contributed by atoms with Crippen LogP contribution in [0.2, 0.25) is 0 Å². The van der Waals surface area contributed by atoms with Gasteiger partial charge in [-0.05, 0) is 36.3 Å². The molecule has 1 heterocycles. The molecule has 0 radical (unpaired) electrons. The first kappa shape index (κ1) is 18.3. The van der Waals surface area contributed by atoms with E-state index in [1.54, 1.807) is 0 Å². The van der Waals surface area contributed by atoms with Crippen LogP contribution in [0, 0.1) is 0 Å². The van der Waals surface area contributed by atoms with Gasteiger partial charge >= 0.3 is 0 Å². The Hall–Kier alpha value is -3.04. The number of para-hydroxylation sites is 1. The van der Waals surface area contributed by atoms with Gasteiger partial charge in [0.2, 0.25) is 0 Å². The highest BCUT2D eigenvalue weighted by Gasteiger charge is 2.28. The number of allylic oxidation sites excluding steroid dienone is 1. The molecular weight excluding hydrogens is 360 g/mol. The topological polar surface area (TPSA) is 15.6 Å². The average molecular weight is 383 g/mol. The van der Waals surface area contributed by atoms with Crippen molar-refractivity contribution in [3.8, 4) is 0 Å². The van der Waals surface area contributed by atoms with Gasteiger partial charge in [-0.2, -0.15) is 0 Å². The molecule has 28 heavy (non-hydrogen) atoms. The molecule has 3 heteroatoms. The predicted octanol–water partition coefficient (Wildman–Crippen LogP) is 6.83. The maximum Gasteiger partial charge on any atom is 0.0817 e. The van der Waals surface area contributed by atoms with Crippen molar-refractivity contribution in [1.29, 1.82) is 0 Å². The van der Waals surface area contributed by atoms with Crippen molar-refractivity contribution in [3.63, 3.8) is 0 Å². The summed E-state index contributed by atoms with van der Waals surface area (Å²) in [6.45, 7) is 3.10. The van der Waals surface area contributed by atoms with E-state index in [0.29, 0.717) is 0 Å². The van der Waals surface area contributed by atoms with E-state index in [9.17, 15) is 0 Å². The molecule has 2 nitrogen and oxygen atoms in total. The summed E-state index contributed by atoms with van der Waals surface area (Å²) in [5.74, 6) is 0. The zero-order valence-corrected chi connectivity index (χ0v) is 16.6. The van der Waals surface area contributed by atoms with Crippen LogP contribution in [0.25, 0.3) is 10.6 Å². The first-order chi connectivity index (χ1) is 13.9. The molecule has 0 unspecified atom stereocenters. The lowest BCUT2D eigenvalue weighted by Crippen LogP contribution is -2.16. The molecule has 0 aromatic heterocycles. The van der Waals surface area contributed by atoms with Gasteiger partial charge in [-0.25, -0.2) is 0 Å². The minimum Gasteiger partial charge on any atom is -0.335 e. The SMILES string of the molecule is CCN1C(=CC=Nc2ccccc2)SC(c2ccccc2)=C1c1ccccc1. The molecule has 1 aliphatic rings. The number of hydrogen-bond acceptors (Lipinski definition) is 3. The summed E-state index contributed by atoms with van der Waals surface area (Å²) < 4.78 is 0. The highest BCUT2D eigenvalue weighted by Crippen LogP contribution is 2.50. The van der Waals surface area contributed by atoms with E-state index in [1.165, 1.54) is 26.8 Å². The van der Waals surface area contributed by atoms with Gasteiger partial charge in [-0.15, -0.1) is 0 Å². The fourth-order valence-electron chi connectivity index (χ4n) is 3.25. The van der Waals surface area contributed by atoms with Gasteiger partial charge in [-0.1, -0.05) is 90.6 Å². The lowest BCUT2D eigenvalue weighted by Gasteiger charge is -2.21. The van der Waals surface area contributed by atoms with Crippen molar-refractivity contribution in [2.45, 2.75) is 6.92 Å². The first-order valence-corrected chi connectivity index (χ1v) is 10.3. The summed E-state index contributed by atoms with van der Waals surface area (Å²) in [5.41, 5.74) is 4.70. The molecule has 0 spiro atoms. The predicted molar refractivity (Wildman–Crippen MR) is 122 cm³/mol. The lowest BCUT2D eigenvalue weighted by molar-refractivity contribution is 0.557. The fourth-order valence-corrected chi connectivity index (χ4v) is 4.50. The third kappa shape index (κ3) is 3.95. The number of nitrogens with zero attached hydrogens (tertiary/aromatic N) is 2. The summed E-state index contributed by atoms with van der Waals surface area (Å²) in [4.78, 5) is 8.23. The monoisotopic (exact) mass is 382 g/mol. The van der Waals surface area contributed by atoms with Gasteiger partial charge in [0.25, 0.3) is 0 Å². The first-order valence-electron chi connectivity index (χ1n) is 9.46. The van der Waals surface area contributed by atoms with Crippen LogP contribution in [-0.4, -0.2) is 17.7 Å². The Morgan fingerprint density at radius 2 is 1.36 bits per heavy atom. The molecule has 0 bridgehead atoms. The van der Waals surface area contributed by atoms with Crippen LogP contribution in [0.1, 0.15) is 18.1 Å². The second-order valence-electron chi connectivity index (χ2n) is 6.37. The van der Waals surface area contributed by atoms with E-state index in [0.717, 1.165) is 12.2 Å². The van der Waals surface area contributed by atoms with Gasteiger partial charge in [0.1, 0.15) is 0 Å². The minimum absolute atomic E-state index is 0.901. The molecule has 0 fully saturated rings. The molecule has 0 saturated carbocycles. The van der Waals surface area contributed by atoms with E-state index in [4.69, 9.17) is 0 Å². The number of hydrogen-bond donors (Lipinski definition) is 0. The Balaban J connectivity index is 1.73. The van der Waals surface area contributed by atoms with Crippen LogP contribution in [0.5, 0.6) is 0 Å². The van der Waals surface area contributed by atoms with Crippen molar-refractivity contribution in [1.82, 2.24) is 4.90 Å². The van der Waals surface area contributed by atoms with E-state index in [-0.39, 0.29) is 0 Å². The molecule has 138 valence electrons. The van der Waals surface area contributed by atoms with Crippen molar-refractivity contribution in [2.75, 3.05) is 6.54 Å². The van der Waals surface area contributed by atoms with Crippen molar-refractivity contribution in [2.24, 2.45) is 4.99 Å². The van der Waals surface area contributed by atoms with Crippen LogP contribution >= 0.6 is 11.8 Å². The normalized spacial score (nSPS) is 15.8. The summed E-state index contributed by atoms with van der Waals surface area (Å²) >= 11 is 1.81. The number of aliphatic imine (C=N–C) groups is 1. The van der Waals surface area contributed by atoms with E-state index >= 15 is 0 Å². The molecule has 0 atom stereocenters. The molecule has 3 aromatic carbocycles. The highest BCUT2D eigenvalue weighted by atomic mass is 32.2. The van der Waals surface area contributed by atoms with Crippen LogP contribution in [0.15, 0.2) is 107 Å². The summed E-state index contributed by atoms with van der Waals surface area (Å²) in [6, 6.07) is 31.3. The van der Waals surface area contributed by atoms with Gasteiger partial charge in [0.05, 0.1) is 16.4 Å². The zero-order chi connectivity index (χ0) is 19.2. The van der Waals surface area contributed by atoms with Crippen molar-refractivity contribution < 1.29 is 0 Å². The van der Waals surface area contributed by atoms with E-state index < -0.39 is 0 Å². The average Bonchev–Trinajstić information content (AvgIpc) is 3.14. The Kier molecular flexibility index (Phi) is 5.74. The van der Waals surface area contributed by atoms with Gasteiger partial charge in [-0.3, -0.25) is 4.99 Å². The van der Waals surface area contributed by atoms with E-state index in [1.807, 2.05) is 48.3 Å². The van der Waals surface area contributed by atoms with Gasteiger partial charge in [0, 0.05) is 17.7 Å². The van der Waals surface area contributed by atoms with E-state index in [2.05, 4.69) is 83.6 Å². The largest absolute Gasteiger partial charge is 0.335 e. The van der Waals surface area contributed by atoms with Gasteiger partial charge in [0.15, 0.2) is 0 Å². The number of benzene rings is 3. The van der Waals surface area contributed by atoms with Gasteiger partial charge < -0.3 is 4.90 Å². The van der Waals surface area contributed by atoms with Crippen LogP contribution in [0.4, 0.5) is 5.69 Å². The third-order valence-electron chi connectivity index (χ3n) is 4.55. The second-order valence-corrected chi connectivity index (χ2v) is 7.41. The highest BCUT2D eigenvalue weighted by molar-refractivity contribution is 8.12. The Morgan fingerprint density at radius 1 is 0.786 bits per heavy atom. The maximum atomic E-state index is 4.57. The van der Waals surface area contributed by atoms with Crippen LogP contribution in [-0.2, 0) is 0 Å². The fraction of sp³-hybridized carbons (Fsp3) is 0.0800. The van der Waals surface area contributed by atoms with Crippen molar-refractivity contribution in [3.05, 3.63) is 113 Å². The summed E-state index contributed by atoms with van der Waals surface area (Å²) in [6.07, 6.45) is 4.01. The molecule has 3 aromatic rings. The second kappa shape index (κ2) is 8.77.